The van der Waals surface area contributed by atoms with E-state index in [1.165, 1.54) is 10.7 Å². The van der Waals surface area contributed by atoms with Gasteiger partial charge in [0.15, 0.2) is 0 Å². The maximum atomic E-state index is 13.5. The fourth-order valence-electron chi connectivity index (χ4n) is 4.96. The van der Waals surface area contributed by atoms with Gasteiger partial charge in [-0.1, -0.05) is 30.3 Å². The van der Waals surface area contributed by atoms with Crippen molar-refractivity contribution in [2.24, 2.45) is 0 Å². The summed E-state index contributed by atoms with van der Waals surface area (Å²) >= 11 is 0. The minimum absolute atomic E-state index is 0.0732. The Labute approximate surface area is 214 Å². The lowest BCUT2D eigenvalue weighted by Gasteiger charge is -2.37. The van der Waals surface area contributed by atoms with Crippen molar-refractivity contribution in [1.82, 2.24) is 14.1 Å². The van der Waals surface area contributed by atoms with Crippen LogP contribution in [-0.4, -0.2) is 52.1 Å². The van der Waals surface area contributed by atoms with E-state index >= 15 is 0 Å². The molecule has 1 atom stereocenters. The summed E-state index contributed by atoms with van der Waals surface area (Å²) in [4.78, 5) is 15.7. The number of para-hydroxylation sites is 1. The van der Waals surface area contributed by atoms with Crippen LogP contribution < -0.4 is 15.2 Å². The zero-order valence-corrected chi connectivity index (χ0v) is 21.3. The van der Waals surface area contributed by atoms with Crippen LogP contribution in [-0.2, 0) is 6.42 Å². The highest BCUT2D eigenvalue weighted by Crippen LogP contribution is 2.31. The van der Waals surface area contributed by atoms with Gasteiger partial charge in [-0.25, -0.2) is 4.39 Å². The Balaban J connectivity index is 1.29. The van der Waals surface area contributed by atoms with E-state index in [4.69, 9.17) is 10.4 Å². The summed E-state index contributed by atoms with van der Waals surface area (Å²) < 4.78 is 23.6. The van der Waals surface area contributed by atoms with Gasteiger partial charge in [-0.3, -0.25) is 9.10 Å². The largest absolute Gasteiger partial charge is 0.483 e. The van der Waals surface area contributed by atoms with Gasteiger partial charge in [0.05, 0.1) is 18.0 Å². The van der Waals surface area contributed by atoms with Gasteiger partial charge in [-0.15, -0.1) is 16.2 Å². The van der Waals surface area contributed by atoms with Gasteiger partial charge in [0, 0.05) is 31.9 Å². The first-order valence-corrected chi connectivity index (χ1v) is 14.2. The van der Waals surface area contributed by atoms with Gasteiger partial charge >= 0.3 is 5.56 Å². The molecule has 36 heavy (non-hydrogen) atoms. The summed E-state index contributed by atoms with van der Waals surface area (Å²) in [5.41, 5.74) is 8.80. The molecule has 5 rings (SSSR count). The first-order chi connectivity index (χ1) is 17.6. The molecule has 2 aromatic carbocycles. The van der Waals surface area contributed by atoms with Gasteiger partial charge in [-0.2, -0.15) is 9.78 Å². The van der Waals surface area contributed by atoms with Crippen LogP contribution in [0.25, 0.3) is 5.69 Å². The Bertz CT molecular complexity index is 1310. The van der Waals surface area contributed by atoms with E-state index in [1.54, 1.807) is 18.3 Å². The predicted molar refractivity (Wildman–Crippen MR) is 145 cm³/mol. The highest BCUT2D eigenvalue weighted by molar-refractivity contribution is 8.04. The summed E-state index contributed by atoms with van der Waals surface area (Å²) in [6.45, 7) is 3.09. The maximum absolute atomic E-state index is 13.5. The van der Waals surface area contributed by atoms with E-state index in [0.29, 0.717) is 5.75 Å². The number of rotatable bonds is 6. The Morgan fingerprint density at radius 3 is 2.50 bits per heavy atom. The lowest BCUT2D eigenvalue weighted by molar-refractivity contribution is 0.205. The lowest BCUT2D eigenvalue weighted by atomic mass is 10.2. The second-order valence-corrected chi connectivity index (χ2v) is 11.3. The number of anilines is 1. The average Bonchev–Trinajstić information content (AvgIpc) is 3.42. The third-order valence-electron chi connectivity index (χ3n) is 6.98. The molecule has 3 aromatic rings. The molecule has 0 N–H and O–H groups in total. The van der Waals surface area contributed by atoms with Crippen LogP contribution in [0.15, 0.2) is 65.6 Å². The number of halogens is 1. The minimum atomic E-state index is -0.809. The van der Waals surface area contributed by atoms with E-state index in [9.17, 15) is 9.18 Å². The summed E-state index contributed by atoms with van der Waals surface area (Å²) in [5.74, 6) is 1.01. The molecule has 0 spiro atoms. The molecule has 1 aromatic heterocycles. The smallest absolute Gasteiger partial charge is 0.316 e. The van der Waals surface area contributed by atoms with Crippen molar-refractivity contribution in [2.45, 2.75) is 38.2 Å². The molecule has 2 fully saturated rings. The van der Waals surface area contributed by atoms with Crippen molar-refractivity contribution in [1.29, 1.82) is 0 Å². The van der Waals surface area contributed by atoms with Crippen molar-refractivity contribution in [2.75, 3.05) is 36.8 Å². The summed E-state index contributed by atoms with van der Waals surface area (Å²) in [6, 6.07) is 16.2. The highest BCUT2D eigenvalue weighted by atomic mass is 32.2. The van der Waals surface area contributed by atoms with Crippen molar-refractivity contribution in [3.63, 3.8) is 0 Å². The van der Waals surface area contributed by atoms with E-state index < -0.39 is 10.5 Å². The number of hydrogen-bond donors (Lipinski definition) is 1. The second-order valence-electron chi connectivity index (χ2n) is 9.42. The van der Waals surface area contributed by atoms with E-state index in [1.807, 2.05) is 36.4 Å². The summed E-state index contributed by atoms with van der Waals surface area (Å²) in [7, 11) is -0.809. The van der Waals surface area contributed by atoms with E-state index in [2.05, 4.69) is 14.3 Å². The zero-order valence-electron chi connectivity index (χ0n) is 20.4. The molecule has 1 aliphatic carbocycles. The molecule has 2 aliphatic rings. The molecule has 2 heterocycles. The Hall–Kier alpha value is -3.06. The van der Waals surface area contributed by atoms with Gasteiger partial charge < -0.3 is 9.64 Å². The fourth-order valence-corrected chi connectivity index (χ4v) is 6.43. The monoisotopic (exact) mass is 508 g/mol. The number of piperazine rings is 1. The lowest BCUT2D eigenvalue weighted by Crippen LogP contribution is -2.45. The standard InChI is InChI=1S/C28H33FN4O2S/c1-36(19-14-22-8-7-9-23(29)20-22)32-17-15-31(16-18-32)26-21-30-33(24-10-3-2-4-11-24)28(34)27(26)35-25-12-5-6-13-25/h1-4,7-11,20-21,25,36H,5-6,12-19H2. The van der Waals surface area contributed by atoms with Crippen molar-refractivity contribution in [3.05, 3.63) is 82.5 Å². The number of ether oxygens (including phenoxy) is 1. The van der Waals surface area contributed by atoms with Crippen LogP contribution in [0.4, 0.5) is 10.1 Å². The Morgan fingerprint density at radius 2 is 1.78 bits per heavy atom. The molecule has 190 valence electrons. The molecule has 1 aliphatic heterocycles. The van der Waals surface area contributed by atoms with Crippen LogP contribution in [0.1, 0.15) is 31.2 Å². The topological polar surface area (TPSA) is 50.6 Å². The van der Waals surface area contributed by atoms with E-state index in [0.717, 1.165) is 81.0 Å². The van der Waals surface area contributed by atoms with Crippen LogP contribution in [0.2, 0.25) is 0 Å². The molecule has 6 nitrogen and oxygen atoms in total. The quantitative estimate of drug-likeness (QED) is 0.495. The number of aromatic nitrogens is 2. The first kappa shape index (κ1) is 24.6. The minimum Gasteiger partial charge on any atom is -0.483 e. The van der Waals surface area contributed by atoms with Crippen molar-refractivity contribution in [3.8, 4) is 17.1 Å². The third-order valence-corrected chi connectivity index (χ3v) is 8.79. The molecule has 0 bridgehead atoms. The third kappa shape index (κ3) is 5.67. The van der Waals surface area contributed by atoms with Gasteiger partial charge in [0.2, 0.25) is 5.75 Å². The molecule has 0 radical (unpaired) electrons. The van der Waals surface area contributed by atoms with Crippen LogP contribution in [0.3, 0.4) is 0 Å². The fraction of sp³-hybridized carbons (Fsp3) is 0.393. The molecule has 1 saturated carbocycles. The summed E-state index contributed by atoms with van der Waals surface area (Å²) in [5, 5.41) is 4.50. The number of thiol groups is 1. The maximum Gasteiger partial charge on any atom is 0.316 e. The molecule has 1 saturated heterocycles. The average molecular weight is 509 g/mol. The SMILES string of the molecule is C#[SH](CCc1cccc(F)c1)N1CCN(c2cnn(-c3ccccc3)c(=O)c2OC2CCCC2)CC1. The molecule has 1 unspecified atom stereocenters. The zero-order chi connectivity index (χ0) is 24.9. The molecule has 0 amide bonds. The Kier molecular flexibility index (Phi) is 7.75. The first-order valence-electron chi connectivity index (χ1n) is 12.7. The predicted octanol–water partition coefficient (Wildman–Crippen LogP) is 4.56. The van der Waals surface area contributed by atoms with Crippen LogP contribution in [0, 0.1) is 11.5 Å². The van der Waals surface area contributed by atoms with Crippen LogP contribution >= 0.6 is 10.5 Å². The normalized spacial score (nSPS) is 17.8. The highest BCUT2D eigenvalue weighted by Gasteiger charge is 2.26. The second kappa shape index (κ2) is 11.3. The molecular formula is C28H33FN4O2S. The Morgan fingerprint density at radius 1 is 1.03 bits per heavy atom. The van der Waals surface area contributed by atoms with Gasteiger partial charge in [-0.05, 0) is 61.9 Å². The van der Waals surface area contributed by atoms with Crippen molar-refractivity contribution < 1.29 is 9.13 Å². The summed E-state index contributed by atoms with van der Waals surface area (Å²) in [6.07, 6.45) is 6.82. The van der Waals surface area contributed by atoms with E-state index in [-0.39, 0.29) is 17.5 Å². The number of nitrogens with zero attached hydrogens (tertiary/aromatic N) is 4. The number of aryl methyl sites for hydroxylation is 1. The number of benzene rings is 2. The molecular weight excluding hydrogens is 475 g/mol. The van der Waals surface area contributed by atoms with Gasteiger partial charge in [0.25, 0.3) is 0 Å². The van der Waals surface area contributed by atoms with Crippen LogP contribution in [0.5, 0.6) is 5.75 Å². The van der Waals surface area contributed by atoms with Crippen molar-refractivity contribution >= 4 is 16.2 Å². The van der Waals surface area contributed by atoms with Gasteiger partial charge in [0.1, 0.15) is 11.5 Å². The number of hydrogen-bond acceptors (Lipinski definition) is 5. The molecule has 8 heteroatoms.